The van der Waals surface area contributed by atoms with E-state index < -0.39 is 0 Å². The van der Waals surface area contributed by atoms with Crippen LogP contribution in [0.15, 0.2) is 42.5 Å². The van der Waals surface area contributed by atoms with Crippen molar-refractivity contribution in [1.29, 1.82) is 0 Å². The van der Waals surface area contributed by atoms with Crippen LogP contribution in [0.25, 0.3) is 11.1 Å². The molecule has 2 heteroatoms. The monoisotopic (exact) mass is 215 g/mol. The highest BCUT2D eigenvalue weighted by molar-refractivity contribution is 5.71. The first-order chi connectivity index (χ1) is 7.74. The second kappa shape index (κ2) is 4.35. The van der Waals surface area contributed by atoms with Gasteiger partial charge in [-0.25, -0.2) is 4.39 Å². The van der Waals surface area contributed by atoms with Crippen LogP contribution in [0.5, 0.6) is 0 Å². The van der Waals surface area contributed by atoms with Crippen molar-refractivity contribution in [2.75, 3.05) is 12.4 Å². The average Bonchev–Trinajstić information content (AvgIpc) is 2.31. The lowest BCUT2D eigenvalue weighted by Gasteiger charge is -2.10. The third-order valence-electron chi connectivity index (χ3n) is 2.70. The van der Waals surface area contributed by atoms with Crippen LogP contribution in [0.4, 0.5) is 10.1 Å². The van der Waals surface area contributed by atoms with Crippen LogP contribution in [-0.2, 0) is 0 Å². The quantitative estimate of drug-likeness (QED) is 0.802. The highest BCUT2D eigenvalue weighted by atomic mass is 19.1. The van der Waals surface area contributed by atoms with E-state index in [9.17, 15) is 4.39 Å². The molecule has 0 heterocycles. The van der Waals surface area contributed by atoms with Crippen LogP contribution in [-0.4, -0.2) is 7.05 Å². The molecule has 0 saturated heterocycles. The molecule has 0 saturated carbocycles. The first kappa shape index (κ1) is 10.7. The Labute approximate surface area is 94.9 Å². The van der Waals surface area contributed by atoms with Gasteiger partial charge in [0, 0.05) is 12.6 Å². The fraction of sp³-hybridized carbons (Fsp3) is 0.143. The van der Waals surface area contributed by atoms with E-state index in [1.54, 1.807) is 19.2 Å². The molecule has 2 aromatic carbocycles. The van der Waals surface area contributed by atoms with Gasteiger partial charge in [0.2, 0.25) is 0 Å². The molecule has 0 fully saturated rings. The zero-order valence-electron chi connectivity index (χ0n) is 9.42. The number of aryl methyl sites for hydroxylation is 1. The summed E-state index contributed by atoms with van der Waals surface area (Å²) in [5.74, 6) is -0.195. The minimum atomic E-state index is -0.195. The maximum absolute atomic E-state index is 14.1. The third-order valence-corrected chi connectivity index (χ3v) is 2.70. The first-order valence-corrected chi connectivity index (χ1v) is 5.26. The smallest absolute Gasteiger partial charge is 0.154 e. The summed E-state index contributed by atoms with van der Waals surface area (Å²) in [6.07, 6.45) is 0. The predicted octanol–water partition coefficient (Wildman–Crippen LogP) is 3.84. The van der Waals surface area contributed by atoms with Crippen molar-refractivity contribution in [1.82, 2.24) is 0 Å². The molecule has 0 aliphatic carbocycles. The van der Waals surface area contributed by atoms with E-state index in [-0.39, 0.29) is 5.82 Å². The number of benzene rings is 2. The summed E-state index contributed by atoms with van der Waals surface area (Å²) in [5, 5.41) is 2.85. The number of halogens is 1. The lowest BCUT2D eigenvalue weighted by molar-refractivity contribution is 0.634. The molecule has 0 spiro atoms. The Kier molecular flexibility index (Phi) is 2.91. The number of hydrogen-bond acceptors (Lipinski definition) is 1. The minimum absolute atomic E-state index is 0.195. The first-order valence-electron chi connectivity index (χ1n) is 5.26. The molecule has 0 radical (unpaired) electrons. The summed E-state index contributed by atoms with van der Waals surface area (Å²) < 4.78 is 14.1. The molecular formula is C14H14FN. The summed E-state index contributed by atoms with van der Waals surface area (Å²) in [5.41, 5.74) is 3.19. The third kappa shape index (κ3) is 1.78. The van der Waals surface area contributed by atoms with Crippen molar-refractivity contribution >= 4 is 5.69 Å². The van der Waals surface area contributed by atoms with Gasteiger partial charge in [0.25, 0.3) is 0 Å². The van der Waals surface area contributed by atoms with Crippen LogP contribution in [0, 0.1) is 12.7 Å². The van der Waals surface area contributed by atoms with Gasteiger partial charge >= 0.3 is 0 Å². The average molecular weight is 215 g/mol. The van der Waals surface area contributed by atoms with Crippen molar-refractivity contribution in [2.45, 2.75) is 6.92 Å². The number of nitrogens with one attached hydrogen (secondary N) is 1. The summed E-state index contributed by atoms with van der Waals surface area (Å²) in [4.78, 5) is 0. The molecule has 2 rings (SSSR count). The normalized spacial score (nSPS) is 10.2. The van der Waals surface area contributed by atoms with Crippen molar-refractivity contribution in [2.24, 2.45) is 0 Å². The molecule has 1 N–H and O–H groups in total. The Balaban J connectivity index is 2.61. The van der Waals surface area contributed by atoms with Crippen molar-refractivity contribution in [3.05, 3.63) is 53.8 Å². The summed E-state index contributed by atoms with van der Waals surface area (Å²) in [6.45, 7) is 1.99. The van der Waals surface area contributed by atoms with E-state index in [0.717, 1.165) is 11.1 Å². The molecule has 0 aromatic heterocycles. The van der Waals surface area contributed by atoms with Gasteiger partial charge in [-0.3, -0.25) is 0 Å². The lowest BCUT2D eigenvalue weighted by atomic mass is 10.00. The fourth-order valence-electron chi connectivity index (χ4n) is 1.81. The Morgan fingerprint density at radius 1 is 0.938 bits per heavy atom. The summed E-state index contributed by atoms with van der Waals surface area (Å²) in [7, 11) is 1.72. The summed E-state index contributed by atoms with van der Waals surface area (Å²) in [6, 6.07) is 13.2. The van der Waals surface area contributed by atoms with Crippen LogP contribution in [0.3, 0.4) is 0 Å². The van der Waals surface area contributed by atoms with E-state index in [0.29, 0.717) is 11.3 Å². The zero-order valence-corrected chi connectivity index (χ0v) is 9.42. The van der Waals surface area contributed by atoms with Gasteiger partial charge in [0.05, 0.1) is 5.69 Å². The molecular weight excluding hydrogens is 201 g/mol. The molecule has 0 amide bonds. The fourth-order valence-corrected chi connectivity index (χ4v) is 1.81. The highest BCUT2D eigenvalue weighted by Crippen LogP contribution is 2.29. The Morgan fingerprint density at radius 3 is 2.31 bits per heavy atom. The Morgan fingerprint density at radius 2 is 1.62 bits per heavy atom. The lowest BCUT2D eigenvalue weighted by Crippen LogP contribution is -1.95. The topological polar surface area (TPSA) is 12.0 Å². The highest BCUT2D eigenvalue weighted by Gasteiger charge is 2.09. The molecule has 16 heavy (non-hydrogen) atoms. The van der Waals surface area contributed by atoms with Crippen molar-refractivity contribution in [3.8, 4) is 11.1 Å². The zero-order chi connectivity index (χ0) is 11.5. The van der Waals surface area contributed by atoms with Crippen LogP contribution in [0.1, 0.15) is 5.56 Å². The second-order valence-electron chi connectivity index (χ2n) is 3.73. The molecule has 0 aliphatic heterocycles. The Hall–Kier alpha value is -1.83. The summed E-state index contributed by atoms with van der Waals surface area (Å²) >= 11 is 0. The molecule has 1 nitrogen and oxygen atoms in total. The molecule has 0 bridgehead atoms. The molecule has 0 unspecified atom stereocenters. The van der Waals surface area contributed by atoms with Crippen molar-refractivity contribution in [3.63, 3.8) is 0 Å². The van der Waals surface area contributed by atoms with Gasteiger partial charge in [0.1, 0.15) is 0 Å². The van der Waals surface area contributed by atoms with Crippen LogP contribution < -0.4 is 5.32 Å². The van der Waals surface area contributed by atoms with Crippen LogP contribution >= 0.6 is 0 Å². The number of anilines is 1. The van der Waals surface area contributed by atoms with E-state index in [2.05, 4.69) is 5.32 Å². The van der Waals surface area contributed by atoms with Gasteiger partial charge < -0.3 is 5.32 Å². The van der Waals surface area contributed by atoms with E-state index in [1.807, 2.05) is 37.3 Å². The van der Waals surface area contributed by atoms with E-state index in [1.165, 1.54) is 0 Å². The largest absolute Gasteiger partial charge is 0.386 e. The molecule has 0 atom stereocenters. The maximum atomic E-state index is 14.1. The SMILES string of the molecule is CNc1cccc(-c2ccccc2C)c1F. The van der Waals surface area contributed by atoms with Crippen molar-refractivity contribution < 1.29 is 4.39 Å². The Bertz CT molecular complexity index is 506. The van der Waals surface area contributed by atoms with Gasteiger partial charge in [-0.05, 0) is 24.1 Å². The molecule has 2 aromatic rings. The van der Waals surface area contributed by atoms with E-state index >= 15 is 0 Å². The molecule has 82 valence electrons. The van der Waals surface area contributed by atoms with Gasteiger partial charge in [-0.1, -0.05) is 36.4 Å². The standard InChI is InChI=1S/C14H14FN/c1-10-6-3-4-7-11(10)12-8-5-9-13(16-2)14(12)15/h3-9,16H,1-2H3. The number of hydrogen-bond donors (Lipinski definition) is 1. The van der Waals surface area contributed by atoms with Gasteiger partial charge in [-0.15, -0.1) is 0 Å². The molecule has 0 aliphatic rings. The van der Waals surface area contributed by atoms with Crippen LogP contribution in [0.2, 0.25) is 0 Å². The second-order valence-corrected chi connectivity index (χ2v) is 3.73. The van der Waals surface area contributed by atoms with Gasteiger partial charge in [0.15, 0.2) is 5.82 Å². The maximum Gasteiger partial charge on any atom is 0.154 e. The minimum Gasteiger partial charge on any atom is -0.386 e. The van der Waals surface area contributed by atoms with E-state index in [4.69, 9.17) is 0 Å². The van der Waals surface area contributed by atoms with Gasteiger partial charge in [-0.2, -0.15) is 0 Å². The number of rotatable bonds is 2. The predicted molar refractivity (Wildman–Crippen MR) is 66.1 cm³/mol.